The fourth-order valence-electron chi connectivity index (χ4n) is 3.73. The Morgan fingerprint density at radius 1 is 1.23 bits per heavy atom. The van der Waals surface area contributed by atoms with E-state index in [1.165, 1.54) is 24.0 Å². The third-order valence-corrected chi connectivity index (χ3v) is 5.37. The summed E-state index contributed by atoms with van der Waals surface area (Å²) in [6.07, 6.45) is 2.56. The number of methoxy groups -OCH3 is 1. The molecule has 0 aromatic carbocycles. The summed E-state index contributed by atoms with van der Waals surface area (Å²) in [6, 6.07) is 2.98. The molecule has 0 bridgehead atoms. The predicted octanol–water partition coefficient (Wildman–Crippen LogP) is 1.57. The number of esters is 1. The summed E-state index contributed by atoms with van der Waals surface area (Å²) in [7, 11) is 5.23. The fourth-order valence-corrected chi connectivity index (χ4v) is 3.73. The standard InChI is InChI=1S/C22H29N3O6/c1-15-16(7-13-30-15)21(27)24-9-6-17-20(22(28)29-4)18(31-12-5-8-23(2)3)14-19(26)25(17)11-10-24/h7,13-14H,5-6,8-12H2,1-4H3. The number of carbonyl (C=O) groups is 2. The Labute approximate surface area is 181 Å². The SMILES string of the molecule is COC(=O)c1c(OCCCN(C)C)cc(=O)n2c1CCN(C(=O)c1ccoc1C)CC2. The van der Waals surface area contributed by atoms with Gasteiger partial charge in [0.1, 0.15) is 17.1 Å². The Morgan fingerprint density at radius 2 is 2.00 bits per heavy atom. The van der Waals surface area contributed by atoms with Crippen LogP contribution in [0.2, 0.25) is 0 Å². The smallest absolute Gasteiger partial charge is 0.343 e. The van der Waals surface area contributed by atoms with Gasteiger partial charge in [0.25, 0.3) is 11.5 Å². The molecule has 0 N–H and O–H groups in total. The van der Waals surface area contributed by atoms with Gasteiger partial charge in [-0.05, 0) is 33.5 Å². The molecule has 1 amide bonds. The maximum atomic E-state index is 12.9. The Hall–Kier alpha value is -3.07. The van der Waals surface area contributed by atoms with Crippen LogP contribution >= 0.6 is 0 Å². The second kappa shape index (κ2) is 9.82. The van der Waals surface area contributed by atoms with Crippen molar-refractivity contribution in [1.82, 2.24) is 14.4 Å². The van der Waals surface area contributed by atoms with E-state index in [0.29, 0.717) is 43.1 Å². The summed E-state index contributed by atoms with van der Waals surface area (Å²) in [5.41, 5.74) is 1.01. The van der Waals surface area contributed by atoms with Crippen molar-refractivity contribution in [3.05, 3.63) is 51.3 Å². The van der Waals surface area contributed by atoms with Gasteiger partial charge in [0.15, 0.2) is 0 Å². The molecule has 2 aromatic heterocycles. The minimum atomic E-state index is -0.559. The van der Waals surface area contributed by atoms with Crippen LogP contribution in [0, 0.1) is 6.92 Å². The lowest BCUT2D eigenvalue weighted by atomic mass is 10.1. The van der Waals surface area contributed by atoms with Crippen LogP contribution in [0.25, 0.3) is 0 Å². The van der Waals surface area contributed by atoms with Gasteiger partial charge in [-0.25, -0.2) is 4.79 Å². The highest BCUT2D eigenvalue weighted by molar-refractivity contribution is 5.95. The molecule has 0 saturated heterocycles. The predicted molar refractivity (Wildman–Crippen MR) is 114 cm³/mol. The molecule has 0 saturated carbocycles. The summed E-state index contributed by atoms with van der Waals surface area (Å²) in [4.78, 5) is 42.0. The molecule has 3 rings (SSSR count). The van der Waals surface area contributed by atoms with E-state index in [2.05, 4.69) is 0 Å². The number of aryl methyl sites for hydroxylation is 1. The Bertz CT molecular complexity index is 1010. The lowest BCUT2D eigenvalue weighted by molar-refractivity contribution is 0.0593. The van der Waals surface area contributed by atoms with E-state index in [-0.39, 0.29) is 29.3 Å². The van der Waals surface area contributed by atoms with Crippen molar-refractivity contribution in [1.29, 1.82) is 0 Å². The zero-order chi connectivity index (χ0) is 22.5. The van der Waals surface area contributed by atoms with Crippen LogP contribution in [-0.2, 0) is 17.7 Å². The molecular weight excluding hydrogens is 402 g/mol. The lowest BCUT2D eigenvalue weighted by Gasteiger charge is -2.19. The van der Waals surface area contributed by atoms with Crippen molar-refractivity contribution in [3.63, 3.8) is 0 Å². The van der Waals surface area contributed by atoms with Gasteiger partial charge in [-0.3, -0.25) is 9.59 Å². The molecule has 3 heterocycles. The van der Waals surface area contributed by atoms with E-state index in [0.717, 1.165) is 13.0 Å². The molecule has 168 valence electrons. The zero-order valence-electron chi connectivity index (χ0n) is 18.5. The summed E-state index contributed by atoms with van der Waals surface area (Å²) in [5.74, 6) is 0.0589. The molecule has 2 aromatic rings. The van der Waals surface area contributed by atoms with E-state index in [1.54, 1.807) is 17.9 Å². The maximum absolute atomic E-state index is 12.9. The average molecular weight is 431 g/mol. The van der Waals surface area contributed by atoms with E-state index in [4.69, 9.17) is 13.9 Å². The third kappa shape index (κ3) is 4.99. The van der Waals surface area contributed by atoms with Gasteiger partial charge < -0.3 is 28.3 Å². The van der Waals surface area contributed by atoms with E-state index < -0.39 is 5.97 Å². The molecule has 0 unspecified atom stereocenters. The first kappa shape index (κ1) is 22.6. The van der Waals surface area contributed by atoms with Crippen LogP contribution in [0.3, 0.4) is 0 Å². The molecule has 31 heavy (non-hydrogen) atoms. The van der Waals surface area contributed by atoms with E-state index >= 15 is 0 Å². The summed E-state index contributed by atoms with van der Waals surface area (Å²) in [6.45, 7) is 3.91. The average Bonchev–Trinajstić information content (AvgIpc) is 3.03. The third-order valence-electron chi connectivity index (χ3n) is 5.37. The van der Waals surface area contributed by atoms with E-state index in [1.807, 2.05) is 19.0 Å². The van der Waals surface area contributed by atoms with Crippen LogP contribution in [0.5, 0.6) is 5.75 Å². The number of aromatic nitrogens is 1. The number of furan rings is 1. The number of nitrogens with zero attached hydrogens (tertiary/aromatic N) is 3. The van der Waals surface area contributed by atoms with Gasteiger partial charge in [-0.1, -0.05) is 0 Å². The molecule has 0 fully saturated rings. The first-order chi connectivity index (χ1) is 14.8. The van der Waals surface area contributed by atoms with Gasteiger partial charge in [0.2, 0.25) is 0 Å². The molecular formula is C22H29N3O6. The molecule has 0 atom stereocenters. The topological polar surface area (TPSA) is 94.2 Å². The second-order valence-electron chi connectivity index (χ2n) is 7.75. The van der Waals surface area contributed by atoms with Crippen molar-refractivity contribution in [2.45, 2.75) is 26.3 Å². The van der Waals surface area contributed by atoms with Gasteiger partial charge in [0, 0.05) is 44.4 Å². The Kier molecular flexibility index (Phi) is 7.17. The normalized spacial score (nSPS) is 13.6. The van der Waals surface area contributed by atoms with E-state index in [9.17, 15) is 14.4 Å². The highest BCUT2D eigenvalue weighted by Crippen LogP contribution is 2.25. The van der Waals surface area contributed by atoms with Crippen LogP contribution in [-0.4, -0.2) is 73.7 Å². The molecule has 1 aliphatic heterocycles. The molecule has 9 nitrogen and oxygen atoms in total. The highest BCUT2D eigenvalue weighted by Gasteiger charge is 2.28. The molecule has 1 aliphatic rings. The number of hydrogen-bond acceptors (Lipinski definition) is 7. The van der Waals surface area contributed by atoms with Gasteiger partial charge in [-0.2, -0.15) is 0 Å². The number of pyridine rings is 1. The number of amides is 1. The molecule has 0 spiro atoms. The maximum Gasteiger partial charge on any atom is 0.343 e. The number of hydrogen-bond donors (Lipinski definition) is 0. The number of rotatable bonds is 7. The fraction of sp³-hybridized carbons (Fsp3) is 0.500. The monoisotopic (exact) mass is 431 g/mol. The van der Waals surface area contributed by atoms with Crippen molar-refractivity contribution in [2.75, 3.05) is 47.4 Å². The number of carbonyl (C=O) groups excluding carboxylic acids is 2. The second-order valence-corrected chi connectivity index (χ2v) is 7.75. The summed E-state index contributed by atoms with van der Waals surface area (Å²) in [5, 5.41) is 0. The lowest BCUT2D eigenvalue weighted by Crippen LogP contribution is -2.34. The number of fused-ring (bicyclic) bond motifs is 1. The Balaban J connectivity index is 1.88. The Morgan fingerprint density at radius 3 is 2.65 bits per heavy atom. The van der Waals surface area contributed by atoms with Crippen LogP contribution in [0.1, 0.15) is 38.6 Å². The first-order valence-corrected chi connectivity index (χ1v) is 10.3. The first-order valence-electron chi connectivity index (χ1n) is 10.3. The minimum Gasteiger partial charge on any atom is -0.492 e. The van der Waals surface area contributed by atoms with Crippen LogP contribution in [0.15, 0.2) is 27.6 Å². The van der Waals surface area contributed by atoms with Gasteiger partial charge in [0.05, 0.1) is 25.5 Å². The molecule has 9 heteroatoms. The van der Waals surface area contributed by atoms with Crippen molar-refractivity contribution in [3.8, 4) is 5.75 Å². The van der Waals surface area contributed by atoms with Crippen molar-refractivity contribution < 1.29 is 23.5 Å². The largest absolute Gasteiger partial charge is 0.492 e. The molecule has 0 aliphatic carbocycles. The number of ether oxygens (including phenoxy) is 2. The van der Waals surface area contributed by atoms with Crippen molar-refractivity contribution >= 4 is 11.9 Å². The van der Waals surface area contributed by atoms with Gasteiger partial charge in [-0.15, -0.1) is 0 Å². The van der Waals surface area contributed by atoms with Gasteiger partial charge >= 0.3 is 5.97 Å². The summed E-state index contributed by atoms with van der Waals surface area (Å²) < 4.78 is 17.6. The van der Waals surface area contributed by atoms with Crippen LogP contribution < -0.4 is 10.3 Å². The quantitative estimate of drug-likeness (QED) is 0.485. The molecule has 0 radical (unpaired) electrons. The van der Waals surface area contributed by atoms with Crippen LogP contribution in [0.4, 0.5) is 0 Å². The zero-order valence-corrected chi connectivity index (χ0v) is 18.5. The summed E-state index contributed by atoms with van der Waals surface area (Å²) >= 11 is 0. The highest BCUT2D eigenvalue weighted by atomic mass is 16.5. The van der Waals surface area contributed by atoms with Crippen molar-refractivity contribution in [2.24, 2.45) is 0 Å². The minimum absolute atomic E-state index is 0.160.